The van der Waals surface area contributed by atoms with Crippen LogP contribution in [0, 0.1) is 0 Å². The first-order chi connectivity index (χ1) is 9.38. The van der Waals surface area contributed by atoms with Crippen LogP contribution in [-0.4, -0.2) is 9.55 Å². The SMILES string of the molecule is NCc1cccc(-n2cncc2-c2ccccc2)c1. The molecule has 0 saturated heterocycles. The lowest BCUT2D eigenvalue weighted by molar-refractivity contribution is 1.03. The third-order valence-corrected chi connectivity index (χ3v) is 3.13. The molecule has 1 aromatic heterocycles. The average Bonchev–Trinajstić information content (AvgIpc) is 2.98. The van der Waals surface area contributed by atoms with Crippen LogP contribution in [-0.2, 0) is 6.54 Å². The van der Waals surface area contributed by atoms with Crippen molar-refractivity contribution in [2.45, 2.75) is 6.54 Å². The van der Waals surface area contributed by atoms with Gasteiger partial charge in [0.1, 0.15) is 0 Å². The lowest BCUT2D eigenvalue weighted by Crippen LogP contribution is -1.99. The second kappa shape index (κ2) is 5.08. The Morgan fingerprint density at radius 2 is 1.84 bits per heavy atom. The number of hydrogen-bond acceptors (Lipinski definition) is 2. The number of imidazole rings is 1. The summed E-state index contributed by atoms with van der Waals surface area (Å²) in [6.07, 6.45) is 3.71. The highest BCUT2D eigenvalue weighted by Crippen LogP contribution is 2.22. The molecule has 0 aliphatic heterocycles. The Bertz CT molecular complexity index is 671. The Balaban J connectivity index is 2.09. The standard InChI is InChI=1S/C16H15N3/c17-10-13-5-4-8-15(9-13)19-12-18-11-16(19)14-6-2-1-3-7-14/h1-9,11-12H,10,17H2. The second-order valence-corrected chi connectivity index (χ2v) is 4.39. The Labute approximate surface area is 112 Å². The fraction of sp³-hybridized carbons (Fsp3) is 0.0625. The summed E-state index contributed by atoms with van der Waals surface area (Å²) in [6, 6.07) is 18.4. The Hall–Kier alpha value is -2.39. The first-order valence-electron chi connectivity index (χ1n) is 6.25. The molecule has 2 N–H and O–H groups in total. The van der Waals surface area contributed by atoms with Crippen LogP contribution in [0.2, 0.25) is 0 Å². The van der Waals surface area contributed by atoms with Gasteiger partial charge in [0.05, 0.1) is 18.2 Å². The zero-order valence-corrected chi connectivity index (χ0v) is 10.5. The highest BCUT2D eigenvalue weighted by Gasteiger charge is 2.06. The summed E-state index contributed by atoms with van der Waals surface area (Å²) in [5.74, 6) is 0. The minimum atomic E-state index is 0.545. The minimum Gasteiger partial charge on any atom is -0.326 e. The molecule has 0 bridgehead atoms. The molecule has 0 aliphatic rings. The molecule has 3 nitrogen and oxygen atoms in total. The van der Waals surface area contributed by atoms with Crippen molar-refractivity contribution in [2.24, 2.45) is 5.73 Å². The number of nitrogens with two attached hydrogens (primary N) is 1. The van der Waals surface area contributed by atoms with E-state index in [1.807, 2.05) is 42.9 Å². The molecule has 3 aromatic rings. The molecule has 0 atom stereocenters. The highest BCUT2D eigenvalue weighted by atomic mass is 15.0. The van der Waals surface area contributed by atoms with Gasteiger partial charge in [0.2, 0.25) is 0 Å². The van der Waals surface area contributed by atoms with E-state index in [4.69, 9.17) is 5.73 Å². The first kappa shape index (κ1) is 11.7. The molecule has 3 heteroatoms. The highest BCUT2D eigenvalue weighted by molar-refractivity contribution is 5.61. The zero-order chi connectivity index (χ0) is 13.1. The van der Waals surface area contributed by atoms with E-state index in [0.29, 0.717) is 6.54 Å². The molecule has 0 radical (unpaired) electrons. The van der Waals surface area contributed by atoms with Crippen LogP contribution in [0.1, 0.15) is 5.56 Å². The summed E-state index contributed by atoms with van der Waals surface area (Å²) >= 11 is 0. The Kier molecular flexibility index (Phi) is 3.12. The van der Waals surface area contributed by atoms with Crippen molar-refractivity contribution < 1.29 is 0 Å². The van der Waals surface area contributed by atoms with Crippen LogP contribution in [0.3, 0.4) is 0 Å². The number of hydrogen-bond donors (Lipinski definition) is 1. The molecular formula is C16H15N3. The number of aromatic nitrogens is 2. The lowest BCUT2D eigenvalue weighted by Gasteiger charge is -2.09. The molecular weight excluding hydrogens is 234 g/mol. The van der Waals surface area contributed by atoms with Crippen molar-refractivity contribution in [2.75, 3.05) is 0 Å². The Morgan fingerprint density at radius 3 is 2.63 bits per heavy atom. The fourth-order valence-corrected chi connectivity index (χ4v) is 2.16. The topological polar surface area (TPSA) is 43.8 Å². The minimum absolute atomic E-state index is 0.545. The van der Waals surface area contributed by atoms with E-state index in [0.717, 1.165) is 22.5 Å². The van der Waals surface area contributed by atoms with E-state index < -0.39 is 0 Å². The molecule has 2 aromatic carbocycles. The molecule has 94 valence electrons. The van der Waals surface area contributed by atoms with E-state index in [-0.39, 0.29) is 0 Å². The summed E-state index contributed by atoms with van der Waals surface area (Å²) in [5.41, 5.74) is 10.1. The monoisotopic (exact) mass is 249 g/mol. The maximum atomic E-state index is 5.70. The molecule has 1 heterocycles. The van der Waals surface area contributed by atoms with Crippen LogP contribution in [0.15, 0.2) is 67.1 Å². The predicted molar refractivity (Wildman–Crippen MR) is 76.9 cm³/mol. The number of benzene rings is 2. The molecule has 0 spiro atoms. The quantitative estimate of drug-likeness (QED) is 0.775. The van der Waals surface area contributed by atoms with Crippen LogP contribution < -0.4 is 5.73 Å². The Morgan fingerprint density at radius 1 is 1.00 bits per heavy atom. The van der Waals surface area contributed by atoms with Gasteiger partial charge in [0.25, 0.3) is 0 Å². The van der Waals surface area contributed by atoms with Crippen LogP contribution in [0.4, 0.5) is 0 Å². The normalized spacial score (nSPS) is 10.6. The molecule has 0 fully saturated rings. The second-order valence-electron chi connectivity index (χ2n) is 4.39. The van der Waals surface area contributed by atoms with Crippen molar-refractivity contribution in [1.29, 1.82) is 0 Å². The third kappa shape index (κ3) is 2.28. The molecule has 0 aliphatic carbocycles. The van der Waals surface area contributed by atoms with Crippen molar-refractivity contribution >= 4 is 0 Å². The first-order valence-corrected chi connectivity index (χ1v) is 6.25. The van der Waals surface area contributed by atoms with Gasteiger partial charge in [-0.1, -0.05) is 42.5 Å². The summed E-state index contributed by atoms with van der Waals surface area (Å²) in [4.78, 5) is 4.26. The van der Waals surface area contributed by atoms with Gasteiger partial charge in [0, 0.05) is 17.8 Å². The van der Waals surface area contributed by atoms with E-state index in [2.05, 4.69) is 33.8 Å². The number of rotatable bonds is 3. The van der Waals surface area contributed by atoms with Gasteiger partial charge in [-0.2, -0.15) is 0 Å². The molecule has 3 rings (SSSR count). The predicted octanol–water partition coefficient (Wildman–Crippen LogP) is 3.00. The number of nitrogens with zero attached hydrogens (tertiary/aromatic N) is 2. The van der Waals surface area contributed by atoms with E-state index in [1.54, 1.807) is 0 Å². The average molecular weight is 249 g/mol. The lowest BCUT2D eigenvalue weighted by atomic mass is 10.1. The largest absolute Gasteiger partial charge is 0.326 e. The van der Waals surface area contributed by atoms with Gasteiger partial charge in [0.15, 0.2) is 0 Å². The maximum absolute atomic E-state index is 5.70. The van der Waals surface area contributed by atoms with Crippen molar-refractivity contribution in [1.82, 2.24) is 9.55 Å². The van der Waals surface area contributed by atoms with Gasteiger partial charge < -0.3 is 5.73 Å². The summed E-state index contributed by atoms with van der Waals surface area (Å²) < 4.78 is 2.08. The summed E-state index contributed by atoms with van der Waals surface area (Å²) in [6.45, 7) is 0.545. The molecule has 0 amide bonds. The van der Waals surface area contributed by atoms with Crippen LogP contribution >= 0.6 is 0 Å². The van der Waals surface area contributed by atoms with E-state index >= 15 is 0 Å². The van der Waals surface area contributed by atoms with Gasteiger partial charge in [-0.25, -0.2) is 4.98 Å². The van der Waals surface area contributed by atoms with Crippen molar-refractivity contribution in [3.8, 4) is 16.9 Å². The summed E-state index contributed by atoms with van der Waals surface area (Å²) in [7, 11) is 0. The van der Waals surface area contributed by atoms with Gasteiger partial charge in [-0.05, 0) is 17.7 Å². The van der Waals surface area contributed by atoms with Crippen molar-refractivity contribution in [3.63, 3.8) is 0 Å². The van der Waals surface area contributed by atoms with Gasteiger partial charge in [-0.15, -0.1) is 0 Å². The van der Waals surface area contributed by atoms with Gasteiger partial charge in [-0.3, -0.25) is 4.57 Å². The van der Waals surface area contributed by atoms with Crippen LogP contribution in [0.5, 0.6) is 0 Å². The van der Waals surface area contributed by atoms with Crippen molar-refractivity contribution in [3.05, 3.63) is 72.7 Å². The van der Waals surface area contributed by atoms with E-state index in [1.165, 1.54) is 0 Å². The molecule has 0 unspecified atom stereocenters. The summed E-state index contributed by atoms with van der Waals surface area (Å²) in [5, 5.41) is 0. The maximum Gasteiger partial charge on any atom is 0.0997 e. The fourth-order valence-electron chi connectivity index (χ4n) is 2.16. The molecule has 19 heavy (non-hydrogen) atoms. The zero-order valence-electron chi connectivity index (χ0n) is 10.5. The third-order valence-electron chi connectivity index (χ3n) is 3.13. The smallest absolute Gasteiger partial charge is 0.0997 e. The van der Waals surface area contributed by atoms with E-state index in [9.17, 15) is 0 Å². The van der Waals surface area contributed by atoms with Gasteiger partial charge >= 0.3 is 0 Å². The van der Waals surface area contributed by atoms with Crippen LogP contribution in [0.25, 0.3) is 16.9 Å². The molecule has 0 saturated carbocycles.